The van der Waals surface area contributed by atoms with Crippen molar-refractivity contribution in [1.29, 1.82) is 0 Å². The molecule has 2 aliphatic rings. The number of benzene rings is 3. The van der Waals surface area contributed by atoms with Gasteiger partial charge in [0.1, 0.15) is 17.8 Å². The number of nitrogens with one attached hydrogen (secondary N) is 1. The number of halogens is 1. The topological polar surface area (TPSA) is 158 Å². The first kappa shape index (κ1) is 50.8. The molecule has 4 heterocycles. The first-order chi connectivity index (χ1) is 29.3. The van der Waals surface area contributed by atoms with Crippen LogP contribution >= 0.6 is 0 Å². The number of amides is 1. The zero-order valence-corrected chi connectivity index (χ0v) is 37.8. The van der Waals surface area contributed by atoms with Crippen molar-refractivity contribution in [3.05, 3.63) is 149 Å². The second-order valence-electron chi connectivity index (χ2n) is 15.0. The Labute approximate surface area is 392 Å². The van der Waals surface area contributed by atoms with Crippen molar-refractivity contribution in [3.8, 4) is 5.69 Å². The Bertz CT molecular complexity index is 2700. The average Bonchev–Trinajstić information content (AvgIpc) is 3.59. The first-order valence-electron chi connectivity index (χ1n) is 19.7. The van der Waals surface area contributed by atoms with E-state index in [-0.39, 0.29) is 49.5 Å². The number of fused-ring (bicyclic) bond motifs is 1. The summed E-state index contributed by atoms with van der Waals surface area (Å²) in [6, 6.07) is 21.5. The minimum absolute atomic E-state index is 0. The predicted octanol–water partition coefficient (Wildman–Crippen LogP) is 1.43. The van der Waals surface area contributed by atoms with Crippen LogP contribution < -0.4 is 48.4 Å². The molecule has 1 unspecified atom stereocenters. The zero-order valence-electron chi connectivity index (χ0n) is 37.0. The van der Waals surface area contributed by atoms with E-state index in [1.165, 1.54) is 5.56 Å². The molecule has 1 amide bonds. The maximum atomic E-state index is 13.9. The summed E-state index contributed by atoms with van der Waals surface area (Å²) in [6.45, 7) is 18.2. The van der Waals surface area contributed by atoms with Crippen LogP contribution in [0.15, 0.2) is 85.4 Å². The molecule has 3 aromatic carbocycles. The van der Waals surface area contributed by atoms with Gasteiger partial charge in [0.15, 0.2) is 5.82 Å². The number of carbonyl (C=O) groups excluding carboxylic acids is 2. The van der Waals surface area contributed by atoms with Gasteiger partial charge in [-0.1, -0.05) is 52.8 Å². The standard InChI is InChI=1S/C20H20N3O4.C18H18FN3O.C8H10NOS.2Li/c1-12-10-20(12,18-21-19(25)27-22-18)23-16(11-24)9-15-8-14(2-3-17(15)23)13-4-6-26-7-5-13;1-6-15-16(7-2)20-22(18(15)21(8-3)11-23)14-9-12(4)17(19)13(5)10-14;1-9-11(2,10)8-6-4-3-5-7-8;;/h2-3,8-9,12-13H,4-7,10H2,1H3,(H,21,22,25);3,6,8-10H,2,7H2,1,4-5H3;4-7H,1-2H3;;/q-1;-4;-1;2*+1/t12-,20-;;;;/m0..../s1. The second-order valence-corrected chi connectivity index (χ2v) is 17.4. The van der Waals surface area contributed by atoms with Crippen molar-refractivity contribution in [2.45, 2.75) is 69.7 Å². The van der Waals surface area contributed by atoms with Gasteiger partial charge in [0, 0.05) is 53.9 Å². The van der Waals surface area contributed by atoms with Gasteiger partial charge in [-0.05, 0) is 79.8 Å². The monoisotopic (exact) mass is 859 g/mol. The van der Waals surface area contributed by atoms with Crippen molar-refractivity contribution >= 4 is 39.1 Å². The molecule has 1 saturated heterocycles. The van der Waals surface area contributed by atoms with Gasteiger partial charge in [-0.25, -0.2) is 17.8 Å². The normalized spacial score (nSPS) is 17.6. The summed E-state index contributed by atoms with van der Waals surface area (Å²) in [5.74, 6) is 0.772. The van der Waals surface area contributed by atoms with Crippen molar-refractivity contribution in [2.75, 3.05) is 31.4 Å². The van der Waals surface area contributed by atoms with Crippen LogP contribution in [0.2, 0.25) is 0 Å². The fraction of sp³-hybridized carbons (Fsp3) is 0.326. The summed E-state index contributed by atoms with van der Waals surface area (Å²) in [5.41, 5.74) is 5.19. The molecular formula is C46H48FLi2N7O6S-4. The summed E-state index contributed by atoms with van der Waals surface area (Å²) in [6.07, 6.45) is 11.6. The number of aromatic nitrogens is 5. The molecule has 0 spiro atoms. The van der Waals surface area contributed by atoms with E-state index in [1.807, 2.05) is 24.0 Å². The van der Waals surface area contributed by atoms with E-state index in [0.717, 1.165) is 64.9 Å². The van der Waals surface area contributed by atoms with E-state index in [2.05, 4.69) is 64.0 Å². The minimum Gasteiger partial charge on any atom is -0.568 e. The largest absolute Gasteiger partial charge is 1.00 e. The molecule has 1 aliphatic heterocycles. The van der Waals surface area contributed by atoms with Crippen LogP contribution in [0.1, 0.15) is 78.5 Å². The third-order valence-electron chi connectivity index (χ3n) is 11.3. The van der Waals surface area contributed by atoms with E-state index in [4.69, 9.17) is 15.8 Å². The molecule has 3 aromatic heterocycles. The molecular weight excluding hydrogens is 811 g/mol. The van der Waals surface area contributed by atoms with Crippen LogP contribution in [0, 0.1) is 51.6 Å². The number of aryl methyl sites for hydroxylation is 2. The Morgan fingerprint density at radius 1 is 1.14 bits per heavy atom. The quantitative estimate of drug-likeness (QED) is 0.117. The summed E-state index contributed by atoms with van der Waals surface area (Å²) in [7, 11) is -0.575. The maximum absolute atomic E-state index is 13.9. The molecule has 8 rings (SSSR count). The van der Waals surface area contributed by atoms with Gasteiger partial charge in [-0.2, -0.15) is 49.2 Å². The number of hydrogen-bond acceptors (Lipinski definition) is 9. The summed E-state index contributed by atoms with van der Waals surface area (Å²) < 4.78 is 43.0. The maximum Gasteiger partial charge on any atom is 1.00 e. The number of hydrogen-bond donors (Lipinski definition) is 1. The molecule has 1 saturated carbocycles. The summed E-state index contributed by atoms with van der Waals surface area (Å²) >= 11 is 0. The Balaban J connectivity index is 0.000000221. The van der Waals surface area contributed by atoms with Crippen molar-refractivity contribution < 1.29 is 65.2 Å². The zero-order chi connectivity index (χ0) is 44.1. The minimum atomic E-state index is -2.14. The Morgan fingerprint density at radius 2 is 1.79 bits per heavy atom. The number of anilines is 1. The van der Waals surface area contributed by atoms with Gasteiger partial charge in [-0.3, -0.25) is 25.5 Å². The summed E-state index contributed by atoms with van der Waals surface area (Å²) in [4.78, 5) is 39.0. The van der Waals surface area contributed by atoms with Gasteiger partial charge in [0.05, 0.1) is 5.69 Å². The molecule has 2 fully saturated rings. The Hall–Kier alpha value is -4.87. The Morgan fingerprint density at radius 3 is 2.30 bits per heavy atom. The number of H-pyrrole nitrogens is 1. The van der Waals surface area contributed by atoms with Crippen LogP contribution in [0.5, 0.6) is 0 Å². The van der Waals surface area contributed by atoms with Gasteiger partial charge in [0.2, 0.25) is 0 Å². The first-order valence-corrected chi connectivity index (χ1v) is 21.6. The van der Waals surface area contributed by atoms with E-state index in [0.29, 0.717) is 52.2 Å². The fourth-order valence-corrected chi connectivity index (χ4v) is 8.72. The molecule has 6 aromatic rings. The summed E-state index contributed by atoms with van der Waals surface area (Å²) in [5, 5.41) is 9.43. The molecule has 1 aliphatic carbocycles. The van der Waals surface area contributed by atoms with Crippen molar-refractivity contribution in [3.63, 3.8) is 0 Å². The van der Waals surface area contributed by atoms with Gasteiger partial charge in [0.25, 0.3) is 0 Å². The smallest absolute Gasteiger partial charge is 0.568 e. The average molecular weight is 860 g/mol. The third kappa shape index (κ3) is 10.4. The van der Waals surface area contributed by atoms with Crippen molar-refractivity contribution in [2.24, 2.45) is 10.3 Å². The fourth-order valence-electron chi connectivity index (χ4n) is 7.87. The number of aromatic amines is 1. The van der Waals surface area contributed by atoms with Gasteiger partial charge in [-0.15, -0.1) is 5.56 Å². The molecule has 3 atom stereocenters. The molecule has 1 N–H and O–H groups in total. The molecule has 13 nitrogen and oxygen atoms in total. The molecule has 63 heavy (non-hydrogen) atoms. The molecule has 0 bridgehead atoms. The van der Waals surface area contributed by atoms with Gasteiger partial charge < -0.3 is 37.3 Å². The Kier molecular flexibility index (Phi) is 17.5. The number of rotatable bonds is 11. The predicted molar refractivity (Wildman–Crippen MR) is 232 cm³/mol. The van der Waals surface area contributed by atoms with E-state index in [1.54, 1.807) is 74.6 Å². The SMILES string of the molecule is CN=S(C)(=O)c1cc[c-]cc1.C[C@H]1C[C@]1(c1noc(=O)[nH]1)n1c([C-]=O)cc2cc(C3CCOCC3)ccc21.[CH-]=CN([C-]=O)c1c([CH-]C)c(C[CH2-])nn1-c1cc(C)c(F)c(C)c1.[Li+].[Li+]. The van der Waals surface area contributed by atoms with Crippen LogP contribution in [0.4, 0.5) is 10.2 Å². The van der Waals surface area contributed by atoms with Gasteiger partial charge >= 0.3 is 43.5 Å². The number of ether oxygens (including phenoxy) is 1. The van der Waals surface area contributed by atoms with Crippen LogP contribution in [-0.4, -0.2) is 67.9 Å². The number of nitrogens with zero attached hydrogens (tertiary/aromatic N) is 6. The van der Waals surface area contributed by atoms with E-state index >= 15 is 0 Å². The van der Waals surface area contributed by atoms with Crippen LogP contribution in [-0.2, 0) is 36.0 Å². The van der Waals surface area contributed by atoms with Crippen LogP contribution in [0.25, 0.3) is 16.6 Å². The van der Waals surface area contributed by atoms with E-state index in [9.17, 15) is 23.0 Å². The third-order valence-corrected chi connectivity index (χ3v) is 13.1. The molecule has 0 radical (unpaired) electrons. The van der Waals surface area contributed by atoms with E-state index < -0.39 is 21.0 Å². The van der Waals surface area contributed by atoms with Crippen molar-refractivity contribution in [1.82, 2.24) is 24.5 Å². The second kappa shape index (κ2) is 21.7. The van der Waals surface area contributed by atoms with Crippen LogP contribution in [0.3, 0.4) is 0 Å². The molecule has 17 heteroatoms. The molecule has 322 valence electrons.